The molecule has 0 saturated carbocycles. The van der Waals surface area contributed by atoms with Crippen molar-refractivity contribution >= 4 is 11.8 Å². The zero-order valence-corrected chi connectivity index (χ0v) is 9.10. The predicted octanol–water partition coefficient (Wildman–Crippen LogP) is -0.951. The van der Waals surface area contributed by atoms with Crippen LogP contribution in [0.15, 0.2) is 24.3 Å². The van der Waals surface area contributed by atoms with Crippen LogP contribution in [0.4, 0.5) is 0 Å². The van der Waals surface area contributed by atoms with E-state index in [1.165, 1.54) is 0 Å². The molecule has 1 aromatic rings. The van der Waals surface area contributed by atoms with Crippen LogP contribution in [0.5, 0.6) is 5.75 Å². The van der Waals surface area contributed by atoms with E-state index < -0.39 is 0 Å². The SMILES string of the molecule is NNC(=O)CCOc1ccc(C(=O)NN)cc1. The number of rotatable bonds is 5. The first kappa shape index (κ1) is 12.9. The summed E-state index contributed by atoms with van der Waals surface area (Å²) in [6.07, 6.45) is 0.168. The third-order valence-corrected chi connectivity index (χ3v) is 2.01. The van der Waals surface area contributed by atoms with Crippen molar-refractivity contribution in [3.8, 4) is 5.75 Å². The Morgan fingerprint density at radius 3 is 2.29 bits per heavy atom. The van der Waals surface area contributed by atoms with Crippen molar-refractivity contribution < 1.29 is 14.3 Å². The predicted molar refractivity (Wildman–Crippen MR) is 60.5 cm³/mol. The summed E-state index contributed by atoms with van der Waals surface area (Å²) in [5, 5.41) is 0. The van der Waals surface area contributed by atoms with E-state index in [1.807, 2.05) is 10.9 Å². The van der Waals surface area contributed by atoms with E-state index in [2.05, 4.69) is 0 Å². The average molecular weight is 238 g/mol. The fraction of sp³-hybridized carbons (Fsp3) is 0.200. The number of nitrogen functional groups attached to an aromatic ring is 1. The van der Waals surface area contributed by atoms with Gasteiger partial charge in [0.05, 0.1) is 13.0 Å². The number of carbonyl (C=O) groups excluding carboxylic acids is 2. The van der Waals surface area contributed by atoms with Crippen LogP contribution in [0.3, 0.4) is 0 Å². The van der Waals surface area contributed by atoms with Gasteiger partial charge in [-0.15, -0.1) is 0 Å². The molecule has 0 aliphatic rings. The molecule has 1 rings (SSSR count). The van der Waals surface area contributed by atoms with Crippen LogP contribution in [0, 0.1) is 0 Å². The second-order valence-electron chi connectivity index (χ2n) is 3.16. The second-order valence-corrected chi connectivity index (χ2v) is 3.16. The summed E-state index contributed by atoms with van der Waals surface area (Å²) in [4.78, 5) is 21.9. The Morgan fingerprint density at radius 2 is 1.76 bits per heavy atom. The molecule has 0 aliphatic heterocycles. The fourth-order valence-corrected chi connectivity index (χ4v) is 1.12. The lowest BCUT2D eigenvalue weighted by atomic mass is 10.2. The maximum Gasteiger partial charge on any atom is 0.265 e. The van der Waals surface area contributed by atoms with Crippen LogP contribution in [0.2, 0.25) is 0 Å². The molecule has 0 aliphatic carbocycles. The molecule has 0 aromatic heterocycles. The quantitative estimate of drug-likeness (QED) is 0.299. The number of ether oxygens (including phenoxy) is 1. The smallest absolute Gasteiger partial charge is 0.265 e. The van der Waals surface area contributed by atoms with Crippen molar-refractivity contribution in [3.05, 3.63) is 29.8 Å². The molecule has 0 saturated heterocycles. The van der Waals surface area contributed by atoms with Crippen LogP contribution in [-0.4, -0.2) is 18.4 Å². The molecular formula is C10H14N4O3. The van der Waals surface area contributed by atoms with Gasteiger partial charge >= 0.3 is 0 Å². The van der Waals surface area contributed by atoms with Crippen molar-refractivity contribution in [3.63, 3.8) is 0 Å². The van der Waals surface area contributed by atoms with Crippen LogP contribution < -0.4 is 27.3 Å². The van der Waals surface area contributed by atoms with E-state index in [-0.39, 0.29) is 24.8 Å². The number of hydrogen-bond donors (Lipinski definition) is 4. The van der Waals surface area contributed by atoms with Gasteiger partial charge in [-0.3, -0.25) is 20.4 Å². The number of nitrogens with one attached hydrogen (secondary N) is 2. The molecule has 7 heteroatoms. The third kappa shape index (κ3) is 4.09. The Hall–Kier alpha value is -2.12. The van der Waals surface area contributed by atoms with Gasteiger partial charge in [-0.2, -0.15) is 0 Å². The number of benzene rings is 1. The first-order chi connectivity index (χ1) is 8.17. The van der Waals surface area contributed by atoms with Gasteiger partial charge in [-0.1, -0.05) is 0 Å². The van der Waals surface area contributed by atoms with E-state index in [0.717, 1.165) is 0 Å². The molecule has 2 amide bonds. The number of hydrogen-bond acceptors (Lipinski definition) is 5. The Bertz CT molecular complexity index is 391. The minimum atomic E-state index is -0.376. The van der Waals surface area contributed by atoms with Gasteiger partial charge in [0.15, 0.2) is 0 Å². The Balaban J connectivity index is 2.46. The van der Waals surface area contributed by atoms with Gasteiger partial charge in [0, 0.05) is 5.56 Å². The lowest BCUT2D eigenvalue weighted by Crippen LogP contribution is -2.31. The summed E-state index contributed by atoms with van der Waals surface area (Å²) in [5.41, 5.74) is 4.45. The highest BCUT2D eigenvalue weighted by atomic mass is 16.5. The first-order valence-corrected chi connectivity index (χ1v) is 4.90. The zero-order valence-electron chi connectivity index (χ0n) is 9.10. The van der Waals surface area contributed by atoms with Gasteiger partial charge in [0.2, 0.25) is 5.91 Å². The summed E-state index contributed by atoms with van der Waals surface area (Å²) < 4.78 is 5.27. The molecular weight excluding hydrogens is 224 g/mol. The Morgan fingerprint density at radius 1 is 1.12 bits per heavy atom. The van der Waals surface area contributed by atoms with E-state index in [4.69, 9.17) is 16.4 Å². The minimum absolute atomic E-state index is 0.168. The van der Waals surface area contributed by atoms with Crippen molar-refractivity contribution in [2.75, 3.05) is 6.61 Å². The number of amides is 2. The largest absolute Gasteiger partial charge is 0.493 e. The standard InChI is InChI=1S/C10H14N4O3/c11-13-9(15)5-6-17-8-3-1-7(2-4-8)10(16)14-12/h1-4H,5-6,11-12H2,(H,13,15)(H,14,16). The highest BCUT2D eigenvalue weighted by Crippen LogP contribution is 2.12. The van der Waals surface area contributed by atoms with E-state index in [1.54, 1.807) is 24.3 Å². The second kappa shape index (κ2) is 6.46. The molecule has 0 radical (unpaired) electrons. The number of hydrazine groups is 2. The third-order valence-electron chi connectivity index (χ3n) is 2.01. The molecule has 0 atom stereocenters. The maximum absolute atomic E-state index is 11.1. The normalized spacial score (nSPS) is 9.53. The highest BCUT2D eigenvalue weighted by molar-refractivity contribution is 5.93. The monoisotopic (exact) mass is 238 g/mol. The zero-order chi connectivity index (χ0) is 12.7. The van der Waals surface area contributed by atoms with Gasteiger partial charge < -0.3 is 4.74 Å². The molecule has 0 heterocycles. The van der Waals surface area contributed by atoms with Crippen LogP contribution in [-0.2, 0) is 4.79 Å². The lowest BCUT2D eigenvalue weighted by Gasteiger charge is -2.06. The molecule has 6 N–H and O–H groups in total. The molecule has 0 unspecified atom stereocenters. The lowest BCUT2D eigenvalue weighted by molar-refractivity contribution is -0.121. The van der Waals surface area contributed by atoms with Crippen molar-refractivity contribution in [1.29, 1.82) is 0 Å². The van der Waals surface area contributed by atoms with Gasteiger partial charge in [0.1, 0.15) is 5.75 Å². The number of carbonyl (C=O) groups is 2. The molecule has 0 fully saturated rings. The van der Waals surface area contributed by atoms with Crippen molar-refractivity contribution in [1.82, 2.24) is 10.9 Å². The van der Waals surface area contributed by atoms with Crippen LogP contribution >= 0.6 is 0 Å². The average Bonchev–Trinajstić information content (AvgIpc) is 2.38. The van der Waals surface area contributed by atoms with Crippen molar-refractivity contribution in [2.45, 2.75) is 6.42 Å². The van der Waals surface area contributed by atoms with Gasteiger partial charge in [-0.25, -0.2) is 11.7 Å². The fourth-order valence-electron chi connectivity index (χ4n) is 1.12. The number of nitrogens with two attached hydrogens (primary N) is 2. The summed E-state index contributed by atoms with van der Waals surface area (Å²) in [6.45, 7) is 0.214. The molecule has 17 heavy (non-hydrogen) atoms. The molecule has 0 bridgehead atoms. The van der Waals surface area contributed by atoms with Gasteiger partial charge in [0.25, 0.3) is 5.91 Å². The molecule has 92 valence electrons. The van der Waals surface area contributed by atoms with E-state index in [0.29, 0.717) is 11.3 Å². The topological polar surface area (TPSA) is 119 Å². The molecule has 1 aromatic carbocycles. The Labute approximate surface area is 98.0 Å². The first-order valence-electron chi connectivity index (χ1n) is 4.90. The van der Waals surface area contributed by atoms with E-state index >= 15 is 0 Å². The van der Waals surface area contributed by atoms with Crippen LogP contribution in [0.25, 0.3) is 0 Å². The minimum Gasteiger partial charge on any atom is -0.493 e. The summed E-state index contributed by atoms with van der Waals surface area (Å²) in [5.74, 6) is 9.77. The molecule has 7 nitrogen and oxygen atoms in total. The maximum atomic E-state index is 11.1. The van der Waals surface area contributed by atoms with Crippen molar-refractivity contribution in [2.24, 2.45) is 11.7 Å². The van der Waals surface area contributed by atoms with Gasteiger partial charge in [-0.05, 0) is 24.3 Å². The Kier molecular flexibility index (Phi) is 4.92. The van der Waals surface area contributed by atoms with E-state index in [9.17, 15) is 9.59 Å². The summed E-state index contributed by atoms with van der Waals surface area (Å²) >= 11 is 0. The summed E-state index contributed by atoms with van der Waals surface area (Å²) in [7, 11) is 0. The van der Waals surface area contributed by atoms with Crippen LogP contribution in [0.1, 0.15) is 16.8 Å². The molecule has 0 spiro atoms. The highest BCUT2D eigenvalue weighted by Gasteiger charge is 2.03. The summed E-state index contributed by atoms with van der Waals surface area (Å²) in [6, 6.07) is 6.37.